The predicted octanol–water partition coefficient (Wildman–Crippen LogP) is 1.53. The molecule has 0 aliphatic carbocycles. The van der Waals surface area contributed by atoms with Crippen LogP contribution in [0.25, 0.3) is 0 Å². The molecule has 1 saturated heterocycles. The number of hydrogen-bond acceptors (Lipinski definition) is 4. The second-order valence-electron chi connectivity index (χ2n) is 4.29. The molecular formula is C11H19N3O. The smallest absolute Gasteiger partial charge is 0.159 e. The third-order valence-corrected chi connectivity index (χ3v) is 3.31. The first-order chi connectivity index (χ1) is 7.29. The van der Waals surface area contributed by atoms with Crippen LogP contribution in [0.4, 0.5) is 5.69 Å². The maximum absolute atomic E-state index is 5.74. The maximum Gasteiger partial charge on any atom is 0.159 e. The van der Waals surface area contributed by atoms with Crippen LogP contribution in [-0.2, 0) is 6.42 Å². The van der Waals surface area contributed by atoms with E-state index in [-0.39, 0.29) is 0 Å². The van der Waals surface area contributed by atoms with Gasteiger partial charge in [-0.1, -0.05) is 12.1 Å². The molecule has 4 heteroatoms. The molecule has 1 fully saturated rings. The lowest BCUT2D eigenvalue weighted by atomic mass is 9.92. The van der Waals surface area contributed by atoms with Gasteiger partial charge in [0.25, 0.3) is 0 Å². The van der Waals surface area contributed by atoms with Crippen LogP contribution in [0, 0.1) is 5.92 Å². The van der Waals surface area contributed by atoms with Crippen LogP contribution in [0.2, 0.25) is 0 Å². The Labute approximate surface area is 90.4 Å². The summed E-state index contributed by atoms with van der Waals surface area (Å²) in [5.41, 5.74) is 6.45. The molecular weight excluding hydrogens is 190 g/mol. The summed E-state index contributed by atoms with van der Waals surface area (Å²) in [6.07, 6.45) is 5.03. The highest BCUT2D eigenvalue weighted by atomic mass is 16.5. The van der Waals surface area contributed by atoms with Crippen LogP contribution in [0.3, 0.4) is 0 Å². The van der Waals surface area contributed by atoms with E-state index >= 15 is 0 Å². The molecule has 1 aromatic heterocycles. The van der Waals surface area contributed by atoms with E-state index in [1.54, 1.807) is 6.20 Å². The zero-order chi connectivity index (χ0) is 10.7. The van der Waals surface area contributed by atoms with Crippen molar-refractivity contribution in [1.29, 1.82) is 0 Å². The van der Waals surface area contributed by atoms with Crippen molar-refractivity contribution in [1.82, 2.24) is 10.1 Å². The van der Waals surface area contributed by atoms with Gasteiger partial charge in [-0.2, -0.15) is 0 Å². The standard InChI is InChI=1S/C11H19N3O/c1-2-14-5-3-9(4-6-14)7-11-10(12)8-13-15-11/h8-9H,2-7,12H2,1H3. The fourth-order valence-corrected chi connectivity index (χ4v) is 2.20. The monoisotopic (exact) mass is 209 g/mol. The van der Waals surface area contributed by atoms with Crippen molar-refractivity contribution < 1.29 is 4.52 Å². The second-order valence-corrected chi connectivity index (χ2v) is 4.29. The number of nitrogen functional groups attached to an aromatic ring is 1. The minimum Gasteiger partial charge on any atom is -0.395 e. The van der Waals surface area contributed by atoms with Crippen LogP contribution >= 0.6 is 0 Å². The van der Waals surface area contributed by atoms with Gasteiger partial charge in [0.2, 0.25) is 0 Å². The van der Waals surface area contributed by atoms with Crippen molar-refractivity contribution >= 4 is 5.69 Å². The Bertz CT molecular complexity index is 303. The van der Waals surface area contributed by atoms with Crippen molar-refractivity contribution in [2.45, 2.75) is 26.2 Å². The van der Waals surface area contributed by atoms with Crippen molar-refractivity contribution in [2.24, 2.45) is 5.92 Å². The van der Waals surface area contributed by atoms with Gasteiger partial charge in [-0.3, -0.25) is 0 Å². The van der Waals surface area contributed by atoms with Crippen molar-refractivity contribution in [2.75, 3.05) is 25.4 Å². The second kappa shape index (κ2) is 4.66. The number of hydrogen-bond donors (Lipinski definition) is 1. The van der Waals surface area contributed by atoms with Gasteiger partial charge < -0.3 is 15.2 Å². The molecule has 2 N–H and O–H groups in total. The first-order valence-corrected chi connectivity index (χ1v) is 5.71. The lowest BCUT2D eigenvalue weighted by Gasteiger charge is -2.30. The molecule has 0 radical (unpaired) electrons. The number of anilines is 1. The van der Waals surface area contributed by atoms with E-state index < -0.39 is 0 Å². The van der Waals surface area contributed by atoms with Crippen molar-refractivity contribution in [3.05, 3.63) is 12.0 Å². The van der Waals surface area contributed by atoms with Gasteiger partial charge in [-0.15, -0.1) is 0 Å². The van der Waals surface area contributed by atoms with Crippen LogP contribution in [-0.4, -0.2) is 29.7 Å². The Hall–Kier alpha value is -1.03. The van der Waals surface area contributed by atoms with Gasteiger partial charge in [0.1, 0.15) is 0 Å². The molecule has 1 aliphatic rings. The number of nitrogens with two attached hydrogens (primary N) is 1. The average molecular weight is 209 g/mol. The fourth-order valence-electron chi connectivity index (χ4n) is 2.20. The molecule has 0 amide bonds. The molecule has 84 valence electrons. The third kappa shape index (κ3) is 2.50. The highest BCUT2D eigenvalue weighted by Gasteiger charge is 2.20. The maximum atomic E-state index is 5.74. The van der Waals surface area contributed by atoms with Crippen LogP contribution in [0.5, 0.6) is 0 Å². The van der Waals surface area contributed by atoms with Gasteiger partial charge in [0.15, 0.2) is 5.76 Å². The zero-order valence-corrected chi connectivity index (χ0v) is 9.28. The van der Waals surface area contributed by atoms with Gasteiger partial charge in [0, 0.05) is 6.42 Å². The van der Waals surface area contributed by atoms with Gasteiger partial charge in [0.05, 0.1) is 11.9 Å². The molecule has 15 heavy (non-hydrogen) atoms. The Kier molecular flexibility index (Phi) is 3.26. The molecule has 0 unspecified atom stereocenters. The van der Waals surface area contributed by atoms with E-state index in [1.807, 2.05) is 0 Å². The summed E-state index contributed by atoms with van der Waals surface area (Å²) in [4.78, 5) is 2.49. The Morgan fingerprint density at radius 3 is 2.80 bits per heavy atom. The summed E-state index contributed by atoms with van der Waals surface area (Å²) in [6.45, 7) is 5.79. The summed E-state index contributed by atoms with van der Waals surface area (Å²) in [6, 6.07) is 0. The number of rotatable bonds is 3. The van der Waals surface area contributed by atoms with E-state index in [0.717, 1.165) is 18.7 Å². The van der Waals surface area contributed by atoms with E-state index in [4.69, 9.17) is 10.3 Å². The Morgan fingerprint density at radius 1 is 1.53 bits per heavy atom. The van der Waals surface area contributed by atoms with E-state index in [1.165, 1.54) is 25.9 Å². The molecule has 1 aromatic rings. The SMILES string of the molecule is CCN1CCC(Cc2oncc2N)CC1. The van der Waals surface area contributed by atoms with E-state index in [9.17, 15) is 0 Å². The summed E-state index contributed by atoms with van der Waals surface area (Å²) in [5.74, 6) is 1.58. The fraction of sp³-hybridized carbons (Fsp3) is 0.727. The quantitative estimate of drug-likeness (QED) is 0.820. The van der Waals surface area contributed by atoms with Crippen molar-refractivity contribution in [3.63, 3.8) is 0 Å². The van der Waals surface area contributed by atoms with Crippen LogP contribution in [0.15, 0.2) is 10.7 Å². The molecule has 0 bridgehead atoms. The van der Waals surface area contributed by atoms with Gasteiger partial charge in [-0.25, -0.2) is 0 Å². The molecule has 4 nitrogen and oxygen atoms in total. The molecule has 0 saturated carbocycles. The molecule has 1 aliphatic heterocycles. The topological polar surface area (TPSA) is 55.3 Å². The number of nitrogens with zero attached hydrogens (tertiary/aromatic N) is 2. The third-order valence-electron chi connectivity index (χ3n) is 3.31. The summed E-state index contributed by atoms with van der Waals surface area (Å²) >= 11 is 0. The van der Waals surface area contributed by atoms with Crippen molar-refractivity contribution in [3.8, 4) is 0 Å². The minimum atomic E-state index is 0.702. The molecule has 0 spiro atoms. The van der Waals surface area contributed by atoms with Crippen LogP contribution in [0.1, 0.15) is 25.5 Å². The highest BCUT2D eigenvalue weighted by Crippen LogP contribution is 2.23. The van der Waals surface area contributed by atoms with Crippen LogP contribution < -0.4 is 5.73 Å². The predicted molar refractivity (Wildman–Crippen MR) is 59.5 cm³/mol. The zero-order valence-electron chi connectivity index (χ0n) is 9.28. The lowest BCUT2D eigenvalue weighted by molar-refractivity contribution is 0.186. The van der Waals surface area contributed by atoms with Gasteiger partial charge >= 0.3 is 0 Å². The Morgan fingerprint density at radius 2 is 2.27 bits per heavy atom. The van der Waals surface area contributed by atoms with E-state index in [0.29, 0.717) is 11.6 Å². The normalized spacial score (nSPS) is 19.5. The summed E-state index contributed by atoms with van der Waals surface area (Å²) in [7, 11) is 0. The lowest BCUT2D eigenvalue weighted by Crippen LogP contribution is -2.34. The number of aromatic nitrogens is 1. The first kappa shape index (κ1) is 10.5. The summed E-state index contributed by atoms with van der Waals surface area (Å²) in [5, 5.41) is 3.71. The van der Waals surface area contributed by atoms with E-state index in [2.05, 4.69) is 17.0 Å². The molecule has 0 atom stereocenters. The Balaban J connectivity index is 1.85. The van der Waals surface area contributed by atoms with Gasteiger partial charge in [-0.05, 0) is 38.4 Å². The highest BCUT2D eigenvalue weighted by molar-refractivity contribution is 5.38. The number of likely N-dealkylation sites (tertiary alicyclic amines) is 1. The molecule has 2 heterocycles. The molecule has 0 aromatic carbocycles. The number of piperidine rings is 1. The average Bonchev–Trinajstić information content (AvgIpc) is 2.66. The molecule has 2 rings (SSSR count). The minimum absolute atomic E-state index is 0.702. The summed E-state index contributed by atoms with van der Waals surface area (Å²) < 4.78 is 5.13. The first-order valence-electron chi connectivity index (χ1n) is 5.71. The largest absolute Gasteiger partial charge is 0.395 e.